The molecule has 0 aliphatic carbocycles. The molecule has 2 heterocycles. The molecule has 4 N–H and O–H groups in total. The molecule has 1 fully saturated rings. The van der Waals surface area contributed by atoms with Crippen LogP contribution in [0.3, 0.4) is 0 Å². The summed E-state index contributed by atoms with van der Waals surface area (Å²) in [5, 5.41) is 13.0. The number of nitrogens with two attached hydrogens (primary N) is 1. The molecule has 2 aliphatic rings. The molecule has 0 bridgehead atoms. The van der Waals surface area contributed by atoms with Crippen molar-refractivity contribution in [2.75, 3.05) is 0 Å². The van der Waals surface area contributed by atoms with Gasteiger partial charge in [0.1, 0.15) is 0 Å². The number of primary amides is 1. The van der Waals surface area contributed by atoms with E-state index in [0.717, 1.165) is 16.2 Å². The van der Waals surface area contributed by atoms with Gasteiger partial charge >= 0.3 is 12.0 Å². The van der Waals surface area contributed by atoms with Crippen LogP contribution in [0.4, 0.5) is 4.79 Å². The second kappa shape index (κ2) is 9.72. The summed E-state index contributed by atoms with van der Waals surface area (Å²) < 4.78 is 6.22. The van der Waals surface area contributed by atoms with Crippen molar-refractivity contribution in [1.29, 1.82) is 0 Å². The minimum Gasteiger partial charge on any atom is -0.481 e. The molecule has 0 radical (unpaired) electrons. The highest BCUT2D eigenvalue weighted by molar-refractivity contribution is 6.74. The molecule has 9 nitrogen and oxygen atoms in total. The van der Waals surface area contributed by atoms with Crippen LogP contribution in [0.5, 0.6) is 5.75 Å². The number of carbonyl (C=O) groups is 3. The summed E-state index contributed by atoms with van der Waals surface area (Å²) in [7, 11) is -1.96. The molecule has 0 aromatic heterocycles. The van der Waals surface area contributed by atoms with Gasteiger partial charge in [-0.15, -0.1) is 0 Å². The number of nitrogens with zero attached hydrogens (tertiary/aromatic N) is 1. The monoisotopic (exact) mass is 479 g/mol. The maximum absolute atomic E-state index is 11.8. The summed E-state index contributed by atoms with van der Waals surface area (Å²) in [4.78, 5) is 38.8. The number of rotatable bonds is 5. The average molecular weight is 480 g/mol. The number of benzene rings is 1. The van der Waals surface area contributed by atoms with Crippen LogP contribution in [-0.4, -0.2) is 48.5 Å². The number of hydrogen-bond acceptors (Lipinski definition) is 5. The van der Waals surface area contributed by atoms with Crippen LogP contribution >= 0.6 is 0 Å². The first kappa shape index (κ1) is 26.7. The lowest BCUT2D eigenvalue weighted by atomic mass is 9.79. The number of nitrogens with one attached hydrogen (secondary N) is 1. The van der Waals surface area contributed by atoms with E-state index in [4.69, 9.17) is 20.1 Å². The van der Waals surface area contributed by atoms with Gasteiger partial charge in [-0.05, 0) is 45.0 Å². The summed E-state index contributed by atoms with van der Waals surface area (Å²) in [5.74, 6) is -1.24. The number of aryl methyl sites for hydroxylation is 1. The molecule has 2 aliphatic heterocycles. The van der Waals surface area contributed by atoms with Crippen LogP contribution in [0.15, 0.2) is 18.2 Å². The van der Waals surface area contributed by atoms with Gasteiger partial charge in [0.25, 0.3) is 0 Å². The van der Waals surface area contributed by atoms with Crippen LogP contribution < -0.4 is 15.9 Å². The summed E-state index contributed by atoms with van der Waals surface area (Å²) >= 11 is 0. The molecule has 1 aromatic rings. The molecule has 0 saturated carbocycles. The Morgan fingerprint density at radius 1 is 1.30 bits per heavy atom. The zero-order valence-electron chi connectivity index (χ0n) is 20.8. The Kier molecular flexibility index (Phi) is 7.85. The fourth-order valence-electron chi connectivity index (χ4n) is 3.58. The number of hydroxylamine groups is 2. The Morgan fingerprint density at radius 2 is 1.91 bits per heavy atom. The van der Waals surface area contributed by atoms with E-state index in [9.17, 15) is 14.4 Å². The first-order chi connectivity index (χ1) is 15.0. The van der Waals surface area contributed by atoms with Crippen molar-refractivity contribution in [3.8, 4) is 5.75 Å². The number of urea groups is 1. The lowest BCUT2D eigenvalue weighted by molar-refractivity contribution is -0.151. The zero-order chi connectivity index (χ0) is 25.3. The largest absolute Gasteiger partial charge is 0.481 e. The van der Waals surface area contributed by atoms with Crippen molar-refractivity contribution in [2.45, 2.75) is 78.4 Å². The second-order valence-electron chi connectivity index (χ2n) is 10.3. The molecule has 1 saturated heterocycles. The van der Waals surface area contributed by atoms with E-state index in [1.54, 1.807) is 6.92 Å². The molecule has 184 valence electrons. The third kappa shape index (κ3) is 6.05. The van der Waals surface area contributed by atoms with Crippen LogP contribution in [-0.2, 0) is 20.6 Å². The maximum Gasteiger partial charge on any atom is 0.348 e. The molecule has 10 heteroatoms. The van der Waals surface area contributed by atoms with Gasteiger partial charge in [0.2, 0.25) is 5.91 Å². The molecule has 0 spiro atoms. The quantitative estimate of drug-likeness (QED) is 0.438. The molecule has 3 rings (SSSR count). The highest BCUT2D eigenvalue weighted by atomic mass is 28.4. The third-order valence-corrected chi connectivity index (χ3v) is 11.3. The predicted molar refractivity (Wildman–Crippen MR) is 127 cm³/mol. The van der Waals surface area contributed by atoms with Gasteiger partial charge in [-0.1, -0.05) is 38.5 Å². The number of hydrogen-bond donors (Lipinski definition) is 3. The molecule has 3 amide bonds. The Labute approximate surface area is 196 Å². The lowest BCUT2D eigenvalue weighted by Crippen LogP contribution is -2.66. The first-order valence-electron chi connectivity index (χ1n) is 11.1. The number of β-lactam (4-membered cyclic amide) rings is 1. The number of fused-ring (bicyclic) bond motifs is 1. The van der Waals surface area contributed by atoms with E-state index >= 15 is 0 Å². The molecule has 0 unspecified atom stereocenters. The first-order valence-corrected chi connectivity index (χ1v) is 14.0. The van der Waals surface area contributed by atoms with E-state index in [0.29, 0.717) is 12.3 Å². The fourth-order valence-corrected chi connectivity index (χ4v) is 5.01. The van der Waals surface area contributed by atoms with Gasteiger partial charge in [0.15, 0.2) is 14.1 Å². The predicted octanol–water partition coefficient (Wildman–Crippen LogP) is 3.42. The number of amides is 3. The summed E-state index contributed by atoms with van der Waals surface area (Å²) in [6, 6.07) is 4.86. The molecular formula is C23H37N3O6Si. The standard InChI is InChI=1S/C14H27NO4Si.C9H10N2O2/c1-8(13(17)18)11-10(12(16)15-11)9(2)19-20(6,7)14(3,4)5;1-6-2-3-8-7(4-6)5-11(13-8)9(10)12/h8-11H,1-7H3,(H,15,16)(H,17,18);2-4H,5H2,1H3,(H2,10,12)/t8-,9-,10-,11+;/m1./s1. The van der Waals surface area contributed by atoms with E-state index < -0.39 is 26.2 Å². The highest BCUT2D eigenvalue weighted by Gasteiger charge is 2.50. The van der Waals surface area contributed by atoms with Crippen molar-refractivity contribution in [3.05, 3.63) is 29.3 Å². The van der Waals surface area contributed by atoms with Crippen LogP contribution in [0.2, 0.25) is 18.1 Å². The van der Waals surface area contributed by atoms with Gasteiger partial charge < -0.3 is 25.4 Å². The smallest absolute Gasteiger partial charge is 0.348 e. The lowest BCUT2D eigenvalue weighted by Gasteiger charge is -2.46. The van der Waals surface area contributed by atoms with Gasteiger partial charge in [-0.25, -0.2) is 4.79 Å². The molecule has 1 aromatic carbocycles. The fraction of sp³-hybridized carbons (Fsp3) is 0.609. The number of carbonyl (C=O) groups excluding carboxylic acids is 2. The number of carboxylic acid groups (broad SMARTS) is 1. The van der Waals surface area contributed by atoms with Crippen molar-refractivity contribution in [2.24, 2.45) is 17.6 Å². The van der Waals surface area contributed by atoms with E-state index in [-0.39, 0.29) is 29.0 Å². The Bertz CT molecular complexity index is 914. The molecular weight excluding hydrogens is 442 g/mol. The van der Waals surface area contributed by atoms with Crippen molar-refractivity contribution >= 4 is 26.2 Å². The van der Waals surface area contributed by atoms with Gasteiger partial charge in [0, 0.05) is 5.56 Å². The minimum atomic E-state index is -1.96. The van der Waals surface area contributed by atoms with E-state index in [1.165, 1.54) is 0 Å². The van der Waals surface area contributed by atoms with Crippen molar-refractivity contribution in [1.82, 2.24) is 10.4 Å². The Morgan fingerprint density at radius 3 is 2.39 bits per heavy atom. The van der Waals surface area contributed by atoms with Crippen LogP contribution in [0, 0.1) is 18.8 Å². The third-order valence-electron chi connectivity index (χ3n) is 6.70. The number of carboxylic acids is 1. The normalized spacial score (nSPS) is 21.5. The SMILES string of the molecule is C[C@@H](O[Si](C)(C)C(C)(C)C)[C@H]1C(=O)N[C@H]1[C@@H](C)C(=O)O.Cc1ccc2c(c1)CN(C(N)=O)O2. The Hall–Kier alpha value is -2.59. The highest BCUT2D eigenvalue weighted by Crippen LogP contribution is 2.39. The zero-order valence-corrected chi connectivity index (χ0v) is 21.8. The van der Waals surface area contributed by atoms with Gasteiger partial charge in [-0.3, -0.25) is 9.59 Å². The van der Waals surface area contributed by atoms with Crippen molar-refractivity contribution < 1.29 is 28.8 Å². The summed E-state index contributed by atoms with van der Waals surface area (Å²) in [6.45, 7) is 16.6. The average Bonchev–Trinajstić information content (AvgIpc) is 3.08. The van der Waals surface area contributed by atoms with Crippen LogP contribution in [0.25, 0.3) is 0 Å². The van der Waals surface area contributed by atoms with Crippen LogP contribution in [0.1, 0.15) is 45.7 Å². The van der Waals surface area contributed by atoms with E-state index in [1.807, 2.05) is 32.0 Å². The molecule has 4 atom stereocenters. The van der Waals surface area contributed by atoms with Gasteiger partial charge in [0.05, 0.1) is 30.5 Å². The number of aliphatic carboxylic acids is 1. The van der Waals surface area contributed by atoms with Gasteiger partial charge in [-0.2, -0.15) is 5.06 Å². The Balaban J connectivity index is 0.000000254. The van der Waals surface area contributed by atoms with E-state index in [2.05, 4.69) is 39.2 Å². The molecule has 33 heavy (non-hydrogen) atoms. The second-order valence-corrected chi connectivity index (χ2v) is 15.1. The maximum atomic E-state index is 11.8. The minimum absolute atomic E-state index is 0.0649. The summed E-state index contributed by atoms with van der Waals surface area (Å²) in [6.07, 6.45) is -0.253. The van der Waals surface area contributed by atoms with Crippen molar-refractivity contribution in [3.63, 3.8) is 0 Å². The topological polar surface area (TPSA) is 131 Å². The summed E-state index contributed by atoms with van der Waals surface area (Å²) in [5.41, 5.74) is 7.22.